The highest BCUT2D eigenvalue weighted by Crippen LogP contribution is 2.28. The average Bonchev–Trinajstić information content (AvgIpc) is 2.38. The van der Waals surface area contributed by atoms with E-state index >= 15 is 0 Å². The third kappa shape index (κ3) is 3.34. The van der Waals surface area contributed by atoms with E-state index in [1.54, 1.807) is 0 Å². The molecule has 0 amide bonds. The van der Waals surface area contributed by atoms with E-state index in [-0.39, 0.29) is 0 Å². The van der Waals surface area contributed by atoms with Crippen molar-refractivity contribution in [2.75, 3.05) is 13.1 Å². The van der Waals surface area contributed by atoms with Gasteiger partial charge in [0, 0.05) is 37.4 Å². The quantitative estimate of drug-likeness (QED) is 0.887. The summed E-state index contributed by atoms with van der Waals surface area (Å²) in [6.45, 7) is 13.6. The Morgan fingerprint density at radius 2 is 2.11 bits per heavy atom. The van der Waals surface area contributed by atoms with E-state index in [0.717, 1.165) is 13.1 Å². The molecular weight excluding hydrogens is 234 g/mol. The van der Waals surface area contributed by atoms with Crippen LogP contribution in [0.4, 0.5) is 0 Å². The van der Waals surface area contributed by atoms with Gasteiger partial charge < -0.3 is 5.32 Å². The van der Waals surface area contributed by atoms with Crippen molar-refractivity contribution in [2.45, 2.75) is 52.7 Å². The lowest BCUT2D eigenvalue weighted by atomic mass is 9.84. The fourth-order valence-corrected chi connectivity index (χ4v) is 2.80. The first-order chi connectivity index (χ1) is 8.89. The molecule has 0 saturated carbocycles. The Kier molecular flexibility index (Phi) is 4.26. The average molecular weight is 261 g/mol. The summed E-state index contributed by atoms with van der Waals surface area (Å²) < 4.78 is 0. The maximum absolute atomic E-state index is 4.51. The number of piperazine rings is 1. The minimum absolute atomic E-state index is 0.294. The van der Waals surface area contributed by atoms with Gasteiger partial charge in [-0.15, -0.1) is 0 Å². The first-order valence-corrected chi connectivity index (χ1v) is 7.29. The van der Waals surface area contributed by atoms with Gasteiger partial charge in [-0.25, -0.2) is 0 Å². The summed E-state index contributed by atoms with van der Waals surface area (Å²) in [6.07, 6.45) is 1.89. The molecule has 0 aromatic carbocycles. The zero-order chi connectivity index (χ0) is 14.0. The molecule has 1 aromatic heterocycles. The van der Waals surface area contributed by atoms with Crippen molar-refractivity contribution in [3.63, 3.8) is 0 Å². The van der Waals surface area contributed by atoms with Crippen LogP contribution in [0.15, 0.2) is 24.4 Å². The monoisotopic (exact) mass is 261 g/mol. The second-order valence-electron chi connectivity index (χ2n) is 6.80. The lowest BCUT2D eigenvalue weighted by molar-refractivity contribution is 0.0614. The number of hydrogen-bond acceptors (Lipinski definition) is 3. The van der Waals surface area contributed by atoms with Crippen LogP contribution in [0.3, 0.4) is 0 Å². The van der Waals surface area contributed by atoms with Crippen LogP contribution in [0, 0.1) is 5.41 Å². The minimum Gasteiger partial charge on any atom is -0.311 e. The number of nitrogens with zero attached hydrogens (tertiary/aromatic N) is 2. The van der Waals surface area contributed by atoms with Gasteiger partial charge in [-0.3, -0.25) is 9.88 Å². The van der Waals surface area contributed by atoms with Crippen LogP contribution in [-0.4, -0.2) is 35.1 Å². The van der Waals surface area contributed by atoms with Crippen LogP contribution in [0.25, 0.3) is 0 Å². The molecule has 1 fully saturated rings. The molecule has 3 heteroatoms. The maximum atomic E-state index is 4.51. The fraction of sp³-hybridized carbons (Fsp3) is 0.688. The molecule has 2 rings (SSSR count). The second kappa shape index (κ2) is 5.59. The lowest BCUT2D eigenvalue weighted by Crippen LogP contribution is -2.59. The van der Waals surface area contributed by atoms with Crippen LogP contribution in [0.2, 0.25) is 0 Å². The van der Waals surface area contributed by atoms with E-state index in [9.17, 15) is 0 Å². The van der Waals surface area contributed by atoms with Gasteiger partial charge in [0.25, 0.3) is 0 Å². The zero-order valence-corrected chi connectivity index (χ0v) is 12.9. The van der Waals surface area contributed by atoms with Crippen molar-refractivity contribution in [3.05, 3.63) is 30.1 Å². The minimum atomic E-state index is 0.294. The normalized spacial score (nSPS) is 27.2. The molecule has 3 nitrogen and oxygen atoms in total. The molecule has 2 heterocycles. The van der Waals surface area contributed by atoms with Crippen LogP contribution in [-0.2, 0) is 0 Å². The molecule has 0 aliphatic carbocycles. The van der Waals surface area contributed by atoms with E-state index in [1.165, 1.54) is 5.69 Å². The van der Waals surface area contributed by atoms with E-state index < -0.39 is 0 Å². The summed E-state index contributed by atoms with van der Waals surface area (Å²) in [4.78, 5) is 7.09. The van der Waals surface area contributed by atoms with Gasteiger partial charge in [0.05, 0.1) is 5.69 Å². The largest absolute Gasteiger partial charge is 0.311 e. The Morgan fingerprint density at radius 1 is 1.37 bits per heavy atom. The maximum Gasteiger partial charge on any atom is 0.0572 e. The van der Waals surface area contributed by atoms with Gasteiger partial charge in [0.1, 0.15) is 0 Å². The Morgan fingerprint density at radius 3 is 2.68 bits per heavy atom. The van der Waals surface area contributed by atoms with Gasteiger partial charge in [0.15, 0.2) is 0 Å². The predicted octanol–water partition coefficient (Wildman–Crippen LogP) is 2.85. The van der Waals surface area contributed by atoms with Gasteiger partial charge in [-0.05, 0) is 31.4 Å². The van der Waals surface area contributed by atoms with Gasteiger partial charge >= 0.3 is 0 Å². The van der Waals surface area contributed by atoms with Crippen molar-refractivity contribution < 1.29 is 0 Å². The molecular formula is C16H27N3. The van der Waals surface area contributed by atoms with Crippen molar-refractivity contribution in [1.29, 1.82) is 0 Å². The number of nitrogens with one attached hydrogen (secondary N) is 1. The number of pyridine rings is 1. The summed E-state index contributed by atoms with van der Waals surface area (Å²) in [5.74, 6) is 0. The summed E-state index contributed by atoms with van der Waals surface area (Å²) in [6, 6.07) is 7.65. The summed E-state index contributed by atoms with van der Waals surface area (Å²) in [5.41, 5.74) is 1.46. The van der Waals surface area contributed by atoms with Crippen molar-refractivity contribution >= 4 is 0 Å². The zero-order valence-electron chi connectivity index (χ0n) is 12.9. The molecule has 19 heavy (non-hydrogen) atoms. The molecule has 1 saturated heterocycles. The van der Waals surface area contributed by atoms with E-state index in [0.29, 0.717) is 23.5 Å². The predicted molar refractivity (Wildman–Crippen MR) is 80.1 cm³/mol. The third-order valence-corrected chi connectivity index (χ3v) is 4.28. The smallest absolute Gasteiger partial charge is 0.0572 e. The summed E-state index contributed by atoms with van der Waals surface area (Å²) >= 11 is 0. The van der Waals surface area contributed by atoms with Crippen LogP contribution < -0.4 is 5.32 Å². The molecule has 0 radical (unpaired) electrons. The highest BCUT2D eigenvalue weighted by Gasteiger charge is 2.34. The van der Waals surface area contributed by atoms with Crippen LogP contribution >= 0.6 is 0 Å². The Hall–Kier alpha value is -0.930. The first kappa shape index (κ1) is 14.5. The molecule has 1 aromatic rings. The molecule has 1 N–H and O–H groups in total. The van der Waals surface area contributed by atoms with Gasteiger partial charge in [-0.2, -0.15) is 0 Å². The van der Waals surface area contributed by atoms with E-state index in [1.807, 2.05) is 12.3 Å². The highest BCUT2D eigenvalue weighted by molar-refractivity contribution is 5.09. The second-order valence-corrected chi connectivity index (χ2v) is 6.80. The molecule has 1 aliphatic rings. The SMILES string of the molecule is CC1CNC(C(C)(C)C)CN1C(C)c1ccccn1. The van der Waals surface area contributed by atoms with Crippen LogP contribution in [0.1, 0.15) is 46.4 Å². The Labute approximate surface area is 117 Å². The summed E-state index contributed by atoms with van der Waals surface area (Å²) in [7, 11) is 0. The topological polar surface area (TPSA) is 28.2 Å². The van der Waals surface area contributed by atoms with Gasteiger partial charge in [0.2, 0.25) is 0 Å². The van der Waals surface area contributed by atoms with Crippen LogP contribution in [0.5, 0.6) is 0 Å². The molecule has 3 unspecified atom stereocenters. The van der Waals surface area contributed by atoms with E-state index in [4.69, 9.17) is 0 Å². The molecule has 1 aliphatic heterocycles. The van der Waals surface area contributed by atoms with Gasteiger partial charge in [-0.1, -0.05) is 26.8 Å². The number of rotatable bonds is 2. The lowest BCUT2D eigenvalue weighted by Gasteiger charge is -2.46. The molecule has 106 valence electrons. The Bertz CT molecular complexity index is 396. The van der Waals surface area contributed by atoms with Crippen molar-refractivity contribution in [1.82, 2.24) is 15.2 Å². The Balaban J connectivity index is 2.13. The number of aromatic nitrogens is 1. The van der Waals surface area contributed by atoms with E-state index in [2.05, 4.69) is 62.0 Å². The van der Waals surface area contributed by atoms with Crippen molar-refractivity contribution in [2.24, 2.45) is 5.41 Å². The third-order valence-electron chi connectivity index (χ3n) is 4.28. The summed E-state index contributed by atoms with van der Waals surface area (Å²) in [5, 5.41) is 3.68. The standard InChI is InChI=1S/C16H27N3/c1-12-10-18-15(16(3,4)5)11-19(12)13(2)14-8-6-7-9-17-14/h6-9,12-13,15,18H,10-11H2,1-5H3. The van der Waals surface area contributed by atoms with Crippen molar-refractivity contribution in [3.8, 4) is 0 Å². The molecule has 3 atom stereocenters. The fourth-order valence-electron chi connectivity index (χ4n) is 2.80. The molecule has 0 spiro atoms. The first-order valence-electron chi connectivity index (χ1n) is 7.29. The number of hydrogen-bond donors (Lipinski definition) is 1. The molecule has 0 bridgehead atoms. The highest BCUT2D eigenvalue weighted by atomic mass is 15.3.